The fraction of sp³-hybridized carbons (Fsp3) is 0.500. The zero-order valence-corrected chi connectivity index (χ0v) is 15.7. The van der Waals surface area contributed by atoms with E-state index in [9.17, 15) is 9.59 Å². The average molecular weight is 357 g/mol. The Morgan fingerprint density at radius 3 is 2.54 bits per heavy atom. The summed E-state index contributed by atoms with van der Waals surface area (Å²) in [5.41, 5.74) is 1.04. The van der Waals surface area contributed by atoms with E-state index < -0.39 is 0 Å². The number of aromatic nitrogens is 1. The molecule has 140 valence electrons. The summed E-state index contributed by atoms with van der Waals surface area (Å²) in [6.45, 7) is 4.90. The largest absolute Gasteiger partial charge is 0.467 e. The molecule has 1 aliphatic carbocycles. The number of nitrogens with zero attached hydrogens (tertiary/aromatic N) is 3. The van der Waals surface area contributed by atoms with Gasteiger partial charge in [-0.1, -0.05) is 0 Å². The van der Waals surface area contributed by atoms with Gasteiger partial charge in [-0.25, -0.2) is 0 Å². The van der Waals surface area contributed by atoms with E-state index in [1.165, 1.54) is 0 Å². The van der Waals surface area contributed by atoms with Crippen LogP contribution in [0, 0.1) is 5.92 Å². The normalized spacial score (nSPS) is 13.8. The maximum atomic E-state index is 13.1. The highest BCUT2D eigenvalue weighted by atomic mass is 16.3. The second-order valence-electron chi connectivity index (χ2n) is 7.27. The third-order valence-corrected chi connectivity index (χ3v) is 4.82. The molecule has 0 N–H and O–H groups in total. The molecule has 0 spiro atoms. The molecule has 26 heavy (non-hydrogen) atoms. The van der Waals surface area contributed by atoms with Crippen molar-refractivity contribution >= 4 is 11.8 Å². The van der Waals surface area contributed by atoms with Crippen molar-refractivity contribution < 1.29 is 14.0 Å². The fourth-order valence-corrected chi connectivity index (χ4v) is 3.00. The van der Waals surface area contributed by atoms with Crippen LogP contribution in [0.5, 0.6) is 0 Å². The van der Waals surface area contributed by atoms with Crippen LogP contribution in [-0.4, -0.2) is 38.8 Å². The Kier molecular flexibility index (Phi) is 5.49. The molecule has 1 saturated carbocycles. The number of rotatable bonds is 8. The lowest BCUT2D eigenvalue weighted by atomic mass is 10.2. The Bertz CT molecular complexity index is 744. The zero-order chi connectivity index (χ0) is 18.7. The first-order valence-corrected chi connectivity index (χ1v) is 9.16. The molecule has 0 aromatic carbocycles. The molecule has 0 radical (unpaired) electrons. The molecule has 2 heterocycles. The van der Waals surface area contributed by atoms with E-state index >= 15 is 0 Å². The second-order valence-corrected chi connectivity index (χ2v) is 7.27. The Labute approximate surface area is 154 Å². The molecule has 1 aliphatic rings. The third-order valence-electron chi connectivity index (χ3n) is 4.82. The van der Waals surface area contributed by atoms with E-state index in [0.717, 1.165) is 24.3 Å². The Morgan fingerprint density at radius 2 is 2.00 bits per heavy atom. The summed E-state index contributed by atoms with van der Waals surface area (Å²) in [7, 11) is 1.96. The van der Waals surface area contributed by atoms with Crippen molar-refractivity contribution in [2.45, 2.75) is 45.8 Å². The van der Waals surface area contributed by atoms with Gasteiger partial charge in [0.05, 0.1) is 19.4 Å². The lowest BCUT2D eigenvalue weighted by Crippen LogP contribution is -2.46. The number of carbonyl (C=O) groups is 2. The topological polar surface area (TPSA) is 58.7 Å². The van der Waals surface area contributed by atoms with Gasteiger partial charge in [0.2, 0.25) is 11.8 Å². The van der Waals surface area contributed by atoms with E-state index in [1.54, 1.807) is 16.1 Å². The summed E-state index contributed by atoms with van der Waals surface area (Å²) in [6.07, 6.45) is 5.45. The van der Waals surface area contributed by atoms with Crippen molar-refractivity contribution in [3.63, 3.8) is 0 Å². The van der Waals surface area contributed by atoms with Gasteiger partial charge < -0.3 is 18.8 Å². The average Bonchev–Trinajstić information content (AvgIpc) is 3.19. The number of hydrogen-bond donors (Lipinski definition) is 0. The molecule has 0 unspecified atom stereocenters. The number of amides is 2. The molecule has 1 fully saturated rings. The van der Waals surface area contributed by atoms with Crippen LogP contribution in [0.25, 0.3) is 0 Å². The molecule has 2 aromatic rings. The van der Waals surface area contributed by atoms with Crippen LogP contribution in [0.1, 0.15) is 38.1 Å². The van der Waals surface area contributed by atoms with E-state index in [0.29, 0.717) is 13.1 Å². The summed E-state index contributed by atoms with van der Waals surface area (Å²) in [5.74, 6) is 0.879. The monoisotopic (exact) mass is 357 g/mol. The van der Waals surface area contributed by atoms with Crippen molar-refractivity contribution in [1.82, 2.24) is 14.4 Å². The van der Waals surface area contributed by atoms with Gasteiger partial charge >= 0.3 is 0 Å². The van der Waals surface area contributed by atoms with Crippen molar-refractivity contribution in [2.75, 3.05) is 6.54 Å². The van der Waals surface area contributed by atoms with Crippen LogP contribution in [0.2, 0.25) is 0 Å². The molecule has 6 heteroatoms. The Hall–Kier alpha value is -2.50. The first-order chi connectivity index (χ1) is 12.5. The molecular weight excluding hydrogens is 330 g/mol. The first kappa shape index (κ1) is 18.3. The van der Waals surface area contributed by atoms with Gasteiger partial charge in [0.1, 0.15) is 12.3 Å². The standard InChI is InChI=1S/C20H27N3O3/c1-15(2)23(20(25)16-8-9-16)14-19(24)22(13-18-7-5-11-26-18)12-17-6-4-10-21(17)3/h4-7,10-11,15-16H,8-9,12-14H2,1-3H3. The van der Waals surface area contributed by atoms with Crippen molar-refractivity contribution in [3.05, 3.63) is 48.2 Å². The molecular formula is C20H27N3O3. The minimum atomic E-state index is -0.0645. The summed E-state index contributed by atoms with van der Waals surface area (Å²) >= 11 is 0. The predicted molar refractivity (Wildman–Crippen MR) is 97.9 cm³/mol. The highest BCUT2D eigenvalue weighted by Gasteiger charge is 2.35. The SMILES string of the molecule is CC(C)N(CC(=O)N(Cc1ccco1)Cc1cccn1C)C(=O)C1CC1. The zero-order valence-electron chi connectivity index (χ0n) is 15.7. The van der Waals surface area contributed by atoms with Gasteiger partial charge in [0.15, 0.2) is 0 Å². The number of carbonyl (C=O) groups excluding carboxylic acids is 2. The van der Waals surface area contributed by atoms with Crippen LogP contribution in [-0.2, 0) is 29.7 Å². The first-order valence-electron chi connectivity index (χ1n) is 9.16. The smallest absolute Gasteiger partial charge is 0.242 e. The number of furan rings is 1. The lowest BCUT2D eigenvalue weighted by Gasteiger charge is -2.30. The highest BCUT2D eigenvalue weighted by molar-refractivity contribution is 5.87. The molecule has 0 aliphatic heterocycles. The predicted octanol–water partition coefficient (Wildman–Crippen LogP) is 2.79. The summed E-state index contributed by atoms with van der Waals surface area (Å²) < 4.78 is 7.43. The lowest BCUT2D eigenvalue weighted by molar-refractivity contribution is -0.143. The third kappa shape index (κ3) is 4.36. The minimum Gasteiger partial charge on any atom is -0.467 e. The highest BCUT2D eigenvalue weighted by Crippen LogP contribution is 2.31. The van der Waals surface area contributed by atoms with Gasteiger partial charge in [-0.2, -0.15) is 0 Å². The molecule has 0 atom stereocenters. The molecule has 2 aromatic heterocycles. The molecule has 3 rings (SSSR count). The van der Waals surface area contributed by atoms with Gasteiger partial charge in [0, 0.05) is 30.9 Å². The quantitative estimate of drug-likeness (QED) is 0.730. The summed E-state index contributed by atoms with van der Waals surface area (Å²) in [4.78, 5) is 29.0. The van der Waals surface area contributed by atoms with Crippen LogP contribution in [0.4, 0.5) is 0 Å². The van der Waals surface area contributed by atoms with E-state index in [1.807, 2.05) is 55.9 Å². The molecule has 2 amide bonds. The summed E-state index contributed by atoms with van der Waals surface area (Å²) in [6, 6.07) is 7.64. The molecule has 6 nitrogen and oxygen atoms in total. The van der Waals surface area contributed by atoms with Crippen LogP contribution in [0.15, 0.2) is 41.1 Å². The second kappa shape index (κ2) is 7.81. The van der Waals surface area contributed by atoms with Gasteiger partial charge in [0.25, 0.3) is 0 Å². The number of aryl methyl sites for hydroxylation is 1. The maximum Gasteiger partial charge on any atom is 0.242 e. The minimum absolute atomic E-state index is 0.00699. The van der Waals surface area contributed by atoms with Crippen LogP contribution in [0.3, 0.4) is 0 Å². The van der Waals surface area contributed by atoms with Gasteiger partial charge in [-0.15, -0.1) is 0 Å². The van der Waals surface area contributed by atoms with Crippen molar-refractivity contribution in [1.29, 1.82) is 0 Å². The molecule has 0 saturated heterocycles. The van der Waals surface area contributed by atoms with Crippen molar-refractivity contribution in [3.8, 4) is 0 Å². The Balaban J connectivity index is 1.74. The van der Waals surface area contributed by atoms with E-state index in [2.05, 4.69) is 0 Å². The van der Waals surface area contributed by atoms with Crippen LogP contribution >= 0.6 is 0 Å². The van der Waals surface area contributed by atoms with Gasteiger partial charge in [-0.3, -0.25) is 9.59 Å². The maximum absolute atomic E-state index is 13.1. The fourth-order valence-electron chi connectivity index (χ4n) is 3.00. The van der Waals surface area contributed by atoms with Crippen molar-refractivity contribution in [2.24, 2.45) is 13.0 Å². The molecule has 0 bridgehead atoms. The van der Waals surface area contributed by atoms with E-state index in [-0.39, 0.29) is 30.3 Å². The van der Waals surface area contributed by atoms with E-state index in [4.69, 9.17) is 4.42 Å². The Morgan fingerprint density at radius 1 is 1.23 bits per heavy atom. The summed E-state index contributed by atoms with van der Waals surface area (Å²) in [5, 5.41) is 0. The number of hydrogen-bond acceptors (Lipinski definition) is 3. The van der Waals surface area contributed by atoms with Gasteiger partial charge in [-0.05, 0) is 51.0 Å². The van der Waals surface area contributed by atoms with Crippen LogP contribution < -0.4 is 0 Å².